The predicted molar refractivity (Wildman–Crippen MR) is 65.6 cm³/mol. The molecule has 0 radical (unpaired) electrons. The third-order valence-electron chi connectivity index (χ3n) is 3.07. The van der Waals surface area contributed by atoms with Gasteiger partial charge < -0.3 is 25.4 Å². The number of carbonyl (C=O) groups is 1. The van der Waals surface area contributed by atoms with Crippen LogP contribution in [-0.4, -0.2) is 63.2 Å². The minimum Gasteiger partial charge on any atom is -0.394 e. The fraction of sp³-hybridized carbons (Fsp3) is 0.778. The number of nitrogens with two attached hydrogens (primary N) is 1. The van der Waals surface area contributed by atoms with Crippen LogP contribution in [0.3, 0.4) is 0 Å². The highest BCUT2D eigenvalue weighted by Crippen LogP contribution is 2.42. The van der Waals surface area contributed by atoms with Crippen LogP contribution in [-0.2, 0) is 13.8 Å². The van der Waals surface area contributed by atoms with Crippen LogP contribution in [0.2, 0.25) is 0 Å². The van der Waals surface area contributed by atoms with Crippen molar-refractivity contribution in [2.45, 2.75) is 31.3 Å². The highest BCUT2D eigenvalue weighted by atomic mass is 31.2. The number of aliphatic hydroxyl groups is 1. The topological polar surface area (TPSA) is 155 Å². The number of rotatable bonds is 4. The Kier molecular flexibility index (Phi) is 4.43. The standard InChI is InChI=1S/C9H16N3O7P/c10-7-1-2-12(9(14)11-7)8-3-5(6(4-13)18-8)19-20(15,16)17/h5-6,8,13H,1-4H2,(H2,10,11,14)(H2,15,16,17)/t5-,6+,8+/m0/s1. The van der Waals surface area contributed by atoms with Gasteiger partial charge in [0.15, 0.2) is 0 Å². The number of carbonyl (C=O) groups excluding carboxylic acids is 1. The second-order valence-corrected chi connectivity index (χ2v) is 5.70. The van der Waals surface area contributed by atoms with E-state index in [1.54, 1.807) is 0 Å². The van der Waals surface area contributed by atoms with Crippen molar-refractivity contribution < 1.29 is 33.5 Å². The van der Waals surface area contributed by atoms with E-state index >= 15 is 0 Å². The fourth-order valence-electron chi connectivity index (χ4n) is 2.18. The van der Waals surface area contributed by atoms with Gasteiger partial charge in [0.05, 0.1) is 6.61 Å². The minimum atomic E-state index is -4.70. The fourth-order valence-corrected chi connectivity index (χ4v) is 2.76. The van der Waals surface area contributed by atoms with Crippen LogP contribution in [0.5, 0.6) is 0 Å². The molecule has 114 valence electrons. The minimum absolute atomic E-state index is 0.0392. The Morgan fingerprint density at radius 2 is 2.25 bits per heavy atom. The number of phosphoric acid groups is 1. The monoisotopic (exact) mass is 309 g/mol. The van der Waals surface area contributed by atoms with E-state index in [9.17, 15) is 9.36 Å². The molecule has 0 bridgehead atoms. The summed E-state index contributed by atoms with van der Waals surface area (Å²) in [6, 6.07) is -0.577. The van der Waals surface area contributed by atoms with Crippen molar-refractivity contribution in [3.8, 4) is 0 Å². The first kappa shape index (κ1) is 15.4. The smallest absolute Gasteiger partial charge is 0.394 e. The highest BCUT2D eigenvalue weighted by Gasteiger charge is 2.43. The Balaban J connectivity index is 2.05. The summed E-state index contributed by atoms with van der Waals surface area (Å²) in [5.41, 5.74) is 5.44. The van der Waals surface area contributed by atoms with Crippen molar-refractivity contribution in [2.75, 3.05) is 13.2 Å². The number of ether oxygens (including phenoxy) is 1. The Morgan fingerprint density at radius 3 is 2.80 bits per heavy atom. The largest absolute Gasteiger partial charge is 0.469 e. The molecule has 0 aromatic heterocycles. The van der Waals surface area contributed by atoms with Gasteiger partial charge >= 0.3 is 13.9 Å². The van der Waals surface area contributed by atoms with Crippen molar-refractivity contribution in [3.05, 3.63) is 0 Å². The maximum absolute atomic E-state index is 11.7. The highest BCUT2D eigenvalue weighted by molar-refractivity contribution is 7.46. The Bertz CT molecular complexity index is 464. The second-order valence-electron chi connectivity index (χ2n) is 4.51. The SMILES string of the molecule is NC1=NC(=O)N([C@H]2C[C@H](OP(=O)(O)O)[C@@H](CO)O2)CC1. The number of amidine groups is 1. The molecule has 2 rings (SSSR count). The average molecular weight is 309 g/mol. The van der Waals surface area contributed by atoms with Gasteiger partial charge in [-0.2, -0.15) is 4.99 Å². The zero-order valence-electron chi connectivity index (χ0n) is 10.5. The summed E-state index contributed by atoms with van der Waals surface area (Å²) in [7, 11) is -4.70. The molecule has 3 atom stereocenters. The van der Waals surface area contributed by atoms with Crippen molar-refractivity contribution in [3.63, 3.8) is 0 Å². The predicted octanol–water partition coefficient (Wildman–Crippen LogP) is -1.25. The maximum atomic E-state index is 11.7. The van der Waals surface area contributed by atoms with Gasteiger partial charge in [-0.1, -0.05) is 0 Å². The van der Waals surface area contributed by atoms with Crippen LogP contribution in [0.15, 0.2) is 4.99 Å². The summed E-state index contributed by atoms with van der Waals surface area (Å²) < 4.78 is 20.8. The van der Waals surface area contributed by atoms with Gasteiger partial charge in [0, 0.05) is 19.4 Å². The quantitative estimate of drug-likeness (QED) is 0.470. The second kappa shape index (κ2) is 5.76. The van der Waals surface area contributed by atoms with Gasteiger partial charge in [0.25, 0.3) is 0 Å². The van der Waals surface area contributed by atoms with Crippen LogP contribution in [0.4, 0.5) is 4.79 Å². The van der Waals surface area contributed by atoms with Crippen LogP contribution in [0.1, 0.15) is 12.8 Å². The third-order valence-corrected chi connectivity index (χ3v) is 3.62. The molecule has 2 heterocycles. The summed E-state index contributed by atoms with van der Waals surface area (Å²) in [5.74, 6) is 0.228. The first-order valence-corrected chi connectivity index (χ1v) is 7.47. The van der Waals surface area contributed by atoms with Gasteiger partial charge in [-0.15, -0.1) is 0 Å². The summed E-state index contributed by atoms with van der Waals surface area (Å²) in [6.45, 7) is -0.186. The molecule has 1 saturated heterocycles. The molecule has 2 amide bonds. The lowest BCUT2D eigenvalue weighted by molar-refractivity contribution is -0.0626. The lowest BCUT2D eigenvalue weighted by Gasteiger charge is -2.29. The van der Waals surface area contributed by atoms with Crippen LogP contribution >= 0.6 is 7.82 Å². The zero-order chi connectivity index (χ0) is 14.9. The van der Waals surface area contributed by atoms with E-state index in [4.69, 9.17) is 25.4 Å². The van der Waals surface area contributed by atoms with Crippen molar-refractivity contribution in [1.29, 1.82) is 0 Å². The number of hydrogen-bond donors (Lipinski definition) is 4. The van der Waals surface area contributed by atoms with E-state index in [1.807, 2.05) is 0 Å². The molecule has 0 saturated carbocycles. The average Bonchev–Trinajstić information content (AvgIpc) is 2.69. The van der Waals surface area contributed by atoms with Gasteiger partial charge in [-0.3, -0.25) is 9.42 Å². The summed E-state index contributed by atoms with van der Waals surface area (Å²) in [4.78, 5) is 34.2. The van der Waals surface area contributed by atoms with E-state index in [2.05, 4.69) is 9.52 Å². The number of amides is 2. The molecule has 0 spiro atoms. The molecule has 11 heteroatoms. The molecular formula is C9H16N3O7P. The van der Waals surface area contributed by atoms with E-state index in [-0.39, 0.29) is 12.3 Å². The normalized spacial score (nSPS) is 31.6. The van der Waals surface area contributed by atoms with Crippen molar-refractivity contribution in [2.24, 2.45) is 10.7 Å². The molecule has 0 unspecified atom stereocenters. The van der Waals surface area contributed by atoms with Crippen molar-refractivity contribution >= 4 is 19.7 Å². The van der Waals surface area contributed by atoms with Crippen LogP contribution < -0.4 is 5.73 Å². The van der Waals surface area contributed by atoms with Gasteiger partial charge in [0.2, 0.25) is 0 Å². The molecule has 0 aromatic carbocycles. The summed E-state index contributed by atoms with van der Waals surface area (Å²) in [6.07, 6.45) is -2.24. The molecule has 2 aliphatic rings. The molecule has 0 aliphatic carbocycles. The lowest BCUT2D eigenvalue weighted by atomic mass is 10.2. The number of urea groups is 1. The Hall–Kier alpha value is -1.03. The number of nitrogens with zero attached hydrogens (tertiary/aromatic N) is 2. The first-order chi connectivity index (χ1) is 9.30. The van der Waals surface area contributed by atoms with Crippen molar-refractivity contribution in [1.82, 2.24) is 4.90 Å². The third kappa shape index (κ3) is 3.54. The lowest BCUT2D eigenvalue weighted by Crippen LogP contribution is -2.44. The molecule has 10 nitrogen and oxygen atoms in total. The summed E-state index contributed by atoms with van der Waals surface area (Å²) >= 11 is 0. The van der Waals surface area contributed by atoms with Crippen LogP contribution in [0, 0.1) is 0 Å². The maximum Gasteiger partial charge on any atom is 0.469 e. The first-order valence-electron chi connectivity index (χ1n) is 5.94. The van der Waals surface area contributed by atoms with E-state index < -0.39 is 38.9 Å². The zero-order valence-corrected chi connectivity index (χ0v) is 11.3. The molecule has 0 aromatic rings. The molecule has 1 fully saturated rings. The molecule has 5 N–H and O–H groups in total. The summed E-state index contributed by atoms with van der Waals surface area (Å²) in [5, 5.41) is 9.15. The molecule has 20 heavy (non-hydrogen) atoms. The van der Waals surface area contributed by atoms with E-state index in [0.29, 0.717) is 13.0 Å². The van der Waals surface area contributed by atoms with Gasteiger partial charge in [-0.25, -0.2) is 9.36 Å². The number of aliphatic imine (C=N–C) groups is 1. The molecular weight excluding hydrogens is 293 g/mol. The Morgan fingerprint density at radius 1 is 1.55 bits per heavy atom. The number of hydrogen-bond acceptors (Lipinski definition) is 6. The van der Waals surface area contributed by atoms with Gasteiger partial charge in [0.1, 0.15) is 24.3 Å². The number of aliphatic hydroxyl groups excluding tert-OH is 1. The van der Waals surface area contributed by atoms with Gasteiger partial charge in [-0.05, 0) is 0 Å². The number of phosphoric ester groups is 1. The van der Waals surface area contributed by atoms with Crippen LogP contribution in [0.25, 0.3) is 0 Å². The Labute approximate surface area is 114 Å². The van der Waals surface area contributed by atoms with E-state index in [1.165, 1.54) is 4.90 Å². The molecule has 2 aliphatic heterocycles. The van der Waals surface area contributed by atoms with E-state index in [0.717, 1.165) is 0 Å².